The summed E-state index contributed by atoms with van der Waals surface area (Å²) in [6.45, 7) is 1.12. The third-order valence-corrected chi connectivity index (χ3v) is 1.35. The second kappa shape index (κ2) is 5.30. The summed E-state index contributed by atoms with van der Waals surface area (Å²) in [5.74, 6) is -5.55. The Bertz CT molecular complexity index is 341. The summed E-state index contributed by atoms with van der Waals surface area (Å²) in [7, 11) is 0. The molecule has 15 heavy (non-hydrogen) atoms. The fraction of sp³-hybridized carbons (Fsp3) is 0.625. The number of carbonyl (C=O) groups excluding carboxylic acids is 1. The van der Waals surface area contributed by atoms with Gasteiger partial charge in [0.2, 0.25) is 0 Å². The summed E-state index contributed by atoms with van der Waals surface area (Å²) in [6, 6.07) is 0. The highest BCUT2D eigenvalue weighted by atomic mass is 16.5. The molecule has 0 saturated heterocycles. The molecule has 0 fully saturated rings. The summed E-state index contributed by atoms with van der Waals surface area (Å²) in [4.78, 5) is 32.3. The quantitative estimate of drug-likeness (QED) is 0.502. The van der Waals surface area contributed by atoms with Crippen LogP contribution < -0.4 is 0 Å². The summed E-state index contributed by atoms with van der Waals surface area (Å²) in [5.41, 5.74) is -3.38. The van der Waals surface area contributed by atoms with E-state index in [1.54, 1.807) is 0 Å². The molecule has 1 atom stereocenters. The van der Waals surface area contributed by atoms with Crippen molar-refractivity contribution in [2.45, 2.75) is 25.3 Å². The Balaban J connectivity index is 5.37. The molecule has 86 valence electrons. The van der Waals surface area contributed by atoms with Crippen LogP contribution in [0.25, 0.3) is 0 Å². The van der Waals surface area contributed by atoms with Gasteiger partial charge in [0.1, 0.15) is 0 Å². The van der Waals surface area contributed by atoms with Crippen molar-refractivity contribution in [1.82, 2.24) is 0 Å². The van der Waals surface area contributed by atoms with E-state index in [4.69, 9.17) is 13.0 Å². The highest BCUT2D eigenvalue weighted by molar-refractivity contribution is 5.88. The first-order chi connectivity index (χ1) is 7.59. The van der Waals surface area contributed by atoms with Gasteiger partial charge in [-0.15, -0.1) is 0 Å². The average molecular weight is 220 g/mol. The van der Waals surface area contributed by atoms with Crippen LogP contribution in [0.1, 0.15) is 22.5 Å². The van der Waals surface area contributed by atoms with Gasteiger partial charge in [-0.25, -0.2) is 4.79 Å². The molecular formula is C8H12O7. The summed E-state index contributed by atoms with van der Waals surface area (Å²) in [5, 5.41) is 26.6. The van der Waals surface area contributed by atoms with Crippen LogP contribution in [0.5, 0.6) is 0 Å². The second-order valence-electron chi connectivity index (χ2n) is 2.58. The van der Waals surface area contributed by atoms with Crippen LogP contribution in [0.15, 0.2) is 0 Å². The lowest BCUT2D eigenvalue weighted by molar-refractivity contribution is -0.171. The molecule has 0 rings (SSSR count). The minimum absolute atomic E-state index is 0.235. The maximum absolute atomic E-state index is 11.2. The Labute approximate surface area is 88.1 Å². The van der Waals surface area contributed by atoms with Crippen molar-refractivity contribution in [3.05, 3.63) is 0 Å². The average Bonchev–Trinajstić information content (AvgIpc) is 2.16. The number of aliphatic carboxylic acids is 2. The molecule has 0 spiro atoms. The van der Waals surface area contributed by atoms with Gasteiger partial charge in [-0.2, -0.15) is 0 Å². The Hall–Kier alpha value is -1.63. The molecule has 0 aromatic carbocycles. The maximum atomic E-state index is 11.2. The molecule has 0 aliphatic heterocycles. The molecule has 0 aromatic rings. The minimum Gasteiger partial charge on any atom is -0.481 e. The van der Waals surface area contributed by atoms with Gasteiger partial charge in [0.15, 0.2) is 5.60 Å². The predicted molar refractivity (Wildman–Crippen MR) is 46.1 cm³/mol. The molecule has 0 amide bonds. The first kappa shape index (κ1) is 9.91. The highest BCUT2D eigenvalue weighted by Gasteiger charge is 2.41. The van der Waals surface area contributed by atoms with Crippen molar-refractivity contribution >= 4 is 17.9 Å². The number of ether oxygens (including phenoxy) is 1. The van der Waals surface area contributed by atoms with E-state index in [2.05, 4.69) is 4.74 Å². The number of carboxylic acid groups (broad SMARTS) is 2. The third kappa shape index (κ3) is 4.41. The van der Waals surface area contributed by atoms with E-state index < -0.39 is 36.3 Å². The fourth-order valence-electron chi connectivity index (χ4n) is 0.728. The molecule has 0 aliphatic rings. The van der Waals surface area contributed by atoms with Crippen molar-refractivity contribution in [1.29, 1.82) is 0 Å². The molecule has 0 bridgehead atoms. The van der Waals surface area contributed by atoms with Gasteiger partial charge in [0.25, 0.3) is 0 Å². The SMILES string of the molecule is [1H]C([1H])(C(=O)OCC)C(O)(CC(=O)O)C(=O)O. The molecule has 0 aromatic heterocycles. The molecule has 7 heteroatoms. The maximum Gasteiger partial charge on any atom is 0.336 e. The van der Waals surface area contributed by atoms with Crippen molar-refractivity contribution < 1.29 is 37.2 Å². The van der Waals surface area contributed by atoms with Gasteiger partial charge < -0.3 is 20.1 Å². The zero-order chi connectivity index (χ0) is 13.9. The van der Waals surface area contributed by atoms with Gasteiger partial charge in [0, 0.05) is 2.74 Å². The molecule has 0 radical (unpaired) electrons. The summed E-state index contributed by atoms with van der Waals surface area (Å²) < 4.78 is 18.7. The Morgan fingerprint density at radius 3 is 2.27 bits per heavy atom. The summed E-state index contributed by atoms with van der Waals surface area (Å²) >= 11 is 0. The number of rotatable bonds is 6. The van der Waals surface area contributed by atoms with Crippen LogP contribution >= 0.6 is 0 Å². The van der Waals surface area contributed by atoms with Crippen LogP contribution in [-0.4, -0.2) is 45.4 Å². The number of aliphatic hydroxyl groups is 1. The zero-order valence-electron chi connectivity index (χ0n) is 9.89. The Morgan fingerprint density at radius 1 is 1.40 bits per heavy atom. The number of carboxylic acids is 2. The highest BCUT2D eigenvalue weighted by Crippen LogP contribution is 2.16. The third-order valence-electron chi connectivity index (χ3n) is 1.35. The Morgan fingerprint density at radius 2 is 1.93 bits per heavy atom. The monoisotopic (exact) mass is 220 g/mol. The number of hydrogen-bond acceptors (Lipinski definition) is 5. The zero-order valence-corrected chi connectivity index (χ0v) is 7.89. The van der Waals surface area contributed by atoms with Crippen LogP contribution in [0.3, 0.4) is 0 Å². The molecule has 3 N–H and O–H groups in total. The van der Waals surface area contributed by atoms with Gasteiger partial charge in [-0.05, 0) is 6.92 Å². The lowest BCUT2D eigenvalue weighted by Gasteiger charge is -2.19. The number of esters is 1. The smallest absolute Gasteiger partial charge is 0.336 e. The van der Waals surface area contributed by atoms with Gasteiger partial charge in [-0.3, -0.25) is 9.59 Å². The molecule has 7 nitrogen and oxygen atoms in total. The minimum atomic E-state index is -3.38. The van der Waals surface area contributed by atoms with Crippen molar-refractivity contribution in [3.63, 3.8) is 0 Å². The molecule has 0 aliphatic carbocycles. The van der Waals surface area contributed by atoms with E-state index in [1.165, 1.54) is 6.92 Å². The fourth-order valence-corrected chi connectivity index (χ4v) is 0.728. The lowest BCUT2D eigenvalue weighted by Crippen LogP contribution is -2.43. The number of carbonyl (C=O) groups is 3. The first-order valence-electron chi connectivity index (χ1n) is 4.94. The standard InChI is InChI=1S/C8H12O7/c1-2-15-6(11)4-8(14,7(12)13)3-5(9)10/h14H,2-4H2,1H3,(H,9,10)(H,12,13)/i4H2. The molecule has 1 unspecified atom stereocenters. The molecule has 0 saturated carbocycles. The predicted octanol–water partition coefficient (Wildman–Crippen LogP) is -0.770. The van der Waals surface area contributed by atoms with Gasteiger partial charge in [-0.1, -0.05) is 0 Å². The largest absolute Gasteiger partial charge is 0.481 e. The van der Waals surface area contributed by atoms with E-state index >= 15 is 0 Å². The van der Waals surface area contributed by atoms with Gasteiger partial charge >= 0.3 is 17.9 Å². The lowest BCUT2D eigenvalue weighted by atomic mass is 9.96. The van der Waals surface area contributed by atoms with Crippen molar-refractivity contribution in [2.75, 3.05) is 6.61 Å². The second-order valence-corrected chi connectivity index (χ2v) is 2.58. The van der Waals surface area contributed by atoms with E-state index in [9.17, 15) is 19.5 Å². The van der Waals surface area contributed by atoms with E-state index in [0.29, 0.717) is 0 Å². The number of hydrogen-bond donors (Lipinski definition) is 3. The van der Waals surface area contributed by atoms with E-state index in [1.807, 2.05) is 0 Å². The van der Waals surface area contributed by atoms with E-state index in [0.717, 1.165) is 0 Å². The van der Waals surface area contributed by atoms with Crippen molar-refractivity contribution in [2.24, 2.45) is 0 Å². The summed E-state index contributed by atoms with van der Waals surface area (Å²) in [6.07, 6.45) is -4.83. The first-order valence-corrected chi connectivity index (χ1v) is 3.94. The van der Waals surface area contributed by atoms with Gasteiger partial charge in [0.05, 0.1) is 19.4 Å². The molecular weight excluding hydrogens is 208 g/mol. The Kier molecular flexibility index (Phi) is 3.50. The topological polar surface area (TPSA) is 121 Å². The normalized spacial score (nSPS) is 16.9. The van der Waals surface area contributed by atoms with E-state index in [-0.39, 0.29) is 6.61 Å². The van der Waals surface area contributed by atoms with Crippen LogP contribution in [0.4, 0.5) is 0 Å². The van der Waals surface area contributed by atoms with Crippen LogP contribution in [0, 0.1) is 0 Å². The molecule has 0 heterocycles. The van der Waals surface area contributed by atoms with Crippen LogP contribution in [-0.2, 0) is 19.1 Å². The van der Waals surface area contributed by atoms with Crippen LogP contribution in [0.2, 0.25) is 0 Å². The van der Waals surface area contributed by atoms with Crippen molar-refractivity contribution in [3.8, 4) is 0 Å².